The third-order valence-electron chi connectivity index (χ3n) is 13.4. The molecule has 10 aromatic carbocycles. The Balaban J connectivity index is 1.30. The summed E-state index contributed by atoms with van der Waals surface area (Å²) in [5, 5.41) is 23.4. The Morgan fingerprint density at radius 1 is 0.344 bits per heavy atom. The molecule has 0 N–H and O–H groups in total. The second kappa shape index (κ2) is 13.0. The van der Waals surface area contributed by atoms with Gasteiger partial charge in [-0.25, -0.2) is 4.98 Å². The van der Waals surface area contributed by atoms with E-state index in [9.17, 15) is 5.26 Å². The predicted octanol–water partition coefficient (Wildman–Crippen LogP) is 14.4. The summed E-state index contributed by atoms with van der Waals surface area (Å²) in [4.78, 5) is 15.1. The number of fused-ring (bicyclic) bond motifs is 6. The van der Waals surface area contributed by atoms with Crippen LogP contribution in [-0.4, -0.2) is 24.1 Å². The topological polar surface area (TPSA) is 72.3 Å². The van der Waals surface area contributed by atoms with E-state index in [1.54, 1.807) is 12.4 Å². The number of hydrogen-bond donors (Lipinski definition) is 0. The van der Waals surface area contributed by atoms with Crippen LogP contribution in [0.25, 0.3) is 132 Å². The molecule has 6 heteroatoms. The van der Waals surface area contributed by atoms with Crippen molar-refractivity contribution >= 4 is 87.1 Å². The minimum Gasteiger partial charge on any atom is -0.307 e. The first-order chi connectivity index (χ1) is 31.8. The van der Waals surface area contributed by atoms with Crippen LogP contribution in [0, 0.1) is 11.3 Å². The van der Waals surface area contributed by atoms with Crippen LogP contribution >= 0.6 is 0 Å². The van der Waals surface area contributed by atoms with Crippen LogP contribution in [0.3, 0.4) is 0 Å². The van der Waals surface area contributed by atoms with Crippen LogP contribution in [0.15, 0.2) is 195 Å². The van der Waals surface area contributed by atoms with Crippen molar-refractivity contribution in [1.82, 2.24) is 24.1 Å². The second-order valence-electron chi connectivity index (χ2n) is 16.5. The van der Waals surface area contributed by atoms with Crippen molar-refractivity contribution in [2.24, 2.45) is 0 Å². The molecule has 0 aliphatic heterocycles. The van der Waals surface area contributed by atoms with Gasteiger partial charge in [0, 0.05) is 67.6 Å². The molecule has 6 nitrogen and oxygen atoms in total. The van der Waals surface area contributed by atoms with E-state index in [2.05, 4.69) is 191 Å². The monoisotopic (exact) mass is 812 g/mol. The molecule has 0 atom stereocenters. The number of hydrogen-bond acceptors (Lipinski definition) is 4. The molecule has 0 radical (unpaired) electrons. The van der Waals surface area contributed by atoms with Crippen molar-refractivity contribution in [2.75, 3.05) is 0 Å². The number of nitriles is 1. The molecule has 0 aliphatic rings. The average molecular weight is 813 g/mol. The smallest absolute Gasteiger partial charge is 0.146 e. The zero-order valence-electron chi connectivity index (χ0n) is 34.2. The fraction of sp³-hybridized carbons (Fsp3) is 0. The predicted molar refractivity (Wildman–Crippen MR) is 262 cm³/mol. The SMILES string of the molecule is N#Cc1c(-n2c3cccc4c5nccnc5c5cccc2c5c43)c(-c2ccccc2)c(-c2ccccc2)c(-c2ccccc2)c1-n1c2cccc3c4ccccc4c4ccnc1c4c32. The van der Waals surface area contributed by atoms with Gasteiger partial charge in [0.1, 0.15) is 17.3 Å². The Morgan fingerprint density at radius 2 is 0.766 bits per heavy atom. The second-order valence-corrected chi connectivity index (χ2v) is 16.5. The minimum atomic E-state index is 0.535. The molecule has 294 valence electrons. The van der Waals surface area contributed by atoms with Gasteiger partial charge < -0.3 is 4.57 Å². The highest BCUT2D eigenvalue weighted by Gasteiger charge is 2.33. The molecule has 0 spiro atoms. The number of rotatable bonds is 5. The highest BCUT2D eigenvalue weighted by atomic mass is 15.1. The molecule has 64 heavy (non-hydrogen) atoms. The van der Waals surface area contributed by atoms with Crippen LogP contribution in [0.5, 0.6) is 0 Å². The Labute approximate surface area is 365 Å². The fourth-order valence-corrected chi connectivity index (χ4v) is 11.0. The van der Waals surface area contributed by atoms with Crippen molar-refractivity contribution in [3.8, 4) is 50.8 Å². The van der Waals surface area contributed by atoms with E-state index in [0.29, 0.717) is 5.56 Å². The van der Waals surface area contributed by atoms with Gasteiger partial charge in [0.05, 0.1) is 39.0 Å². The third-order valence-corrected chi connectivity index (χ3v) is 13.4. The van der Waals surface area contributed by atoms with E-state index in [4.69, 9.17) is 15.0 Å². The highest BCUT2D eigenvalue weighted by molar-refractivity contribution is 6.35. The summed E-state index contributed by atoms with van der Waals surface area (Å²) in [6.07, 6.45) is 5.47. The molecule has 14 rings (SSSR count). The maximum absolute atomic E-state index is 12.3. The highest BCUT2D eigenvalue weighted by Crippen LogP contribution is 2.54. The van der Waals surface area contributed by atoms with Crippen LogP contribution in [0.4, 0.5) is 0 Å². The molecule has 0 aliphatic carbocycles. The lowest BCUT2D eigenvalue weighted by molar-refractivity contribution is 1.10. The maximum Gasteiger partial charge on any atom is 0.146 e. The Kier molecular flexibility index (Phi) is 7.08. The van der Waals surface area contributed by atoms with Crippen LogP contribution in [0.1, 0.15) is 5.56 Å². The molecule has 4 aromatic heterocycles. The normalized spacial score (nSPS) is 12.0. The molecule has 0 amide bonds. The van der Waals surface area contributed by atoms with Crippen molar-refractivity contribution in [3.63, 3.8) is 0 Å². The Hall–Kier alpha value is -8.92. The zero-order valence-corrected chi connectivity index (χ0v) is 34.2. The molecular weight excluding hydrogens is 781 g/mol. The molecular formula is C58H32N6. The Morgan fingerprint density at radius 3 is 1.30 bits per heavy atom. The standard InChI is InChI=1S/C58H32N6/c59-33-43-56(63-44-26-13-24-41-51(44)52-42(25-14-27-45(52)63)55-54(41)60-31-32-61-55)48(35-17-6-2-7-18-35)47(34-15-4-1-5-16-34)49(36-19-8-3-9-20-36)57(43)64-46-28-12-23-39-37-21-10-11-22-38(37)40-29-30-62-58(64)53(40)50(39)46/h1-32H. The quantitative estimate of drug-likeness (QED) is 0.162. The third kappa shape index (κ3) is 4.49. The van der Waals surface area contributed by atoms with E-state index >= 15 is 0 Å². The molecule has 14 aromatic rings. The molecule has 0 saturated carbocycles. The van der Waals surface area contributed by atoms with Crippen molar-refractivity contribution in [2.45, 2.75) is 0 Å². The lowest BCUT2D eigenvalue weighted by Gasteiger charge is -2.27. The van der Waals surface area contributed by atoms with Gasteiger partial charge in [-0.05, 0) is 62.5 Å². The summed E-state index contributed by atoms with van der Waals surface area (Å²) in [5.74, 6) is 0. The average Bonchev–Trinajstić information content (AvgIpc) is 3.89. The summed E-state index contributed by atoms with van der Waals surface area (Å²) < 4.78 is 4.64. The van der Waals surface area contributed by atoms with E-state index in [-0.39, 0.29) is 0 Å². The van der Waals surface area contributed by atoms with Gasteiger partial charge in [-0.3, -0.25) is 14.5 Å². The summed E-state index contributed by atoms with van der Waals surface area (Å²) in [7, 11) is 0. The lowest BCUT2D eigenvalue weighted by atomic mass is 9.82. The van der Waals surface area contributed by atoms with Gasteiger partial charge in [-0.2, -0.15) is 5.26 Å². The van der Waals surface area contributed by atoms with Gasteiger partial charge >= 0.3 is 0 Å². The van der Waals surface area contributed by atoms with Gasteiger partial charge in [-0.15, -0.1) is 0 Å². The first kappa shape index (κ1) is 34.8. The molecule has 0 unspecified atom stereocenters. The lowest BCUT2D eigenvalue weighted by Crippen LogP contribution is -2.11. The summed E-state index contributed by atoms with van der Waals surface area (Å²) in [5.41, 5.74) is 13.5. The number of nitrogens with zero attached hydrogens (tertiary/aromatic N) is 6. The van der Waals surface area contributed by atoms with E-state index in [1.807, 2.05) is 6.20 Å². The van der Waals surface area contributed by atoms with Crippen LogP contribution < -0.4 is 0 Å². The van der Waals surface area contributed by atoms with Crippen molar-refractivity contribution in [3.05, 3.63) is 200 Å². The van der Waals surface area contributed by atoms with Gasteiger partial charge in [0.2, 0.25) is 0 Å². The molecule has 0 saturated heterocycles. The molecule has 0 bridgehead atoms. The van der Waals surface area contributed by atoms with Crippen molar-refractivity contribution < 1.29 is 0 Å². The minimum absolute atomic E-state index is 0.535. The number of aromatic nitrogens is 5. The zero-order chi connectivity index (χ0) is 42.0. The van der Waals surface area contributed by atoms with E-state index in [1.165, 1.54) is 10.8 Å². The van der Waals surface area contributed by atoms with Gasteiger partial charge in [0.25, 0.3) is 0 Å². The maximum atomic E-state index is 12.3. The number of benzene rings is 10. The summed E-state index contributed by atoms with van der Waals surface area (Å²) in [6, 6.07) is 65.0. The summed E-state index contributed by atoms with van der Waals surface area (Å²) in [6.45, 7) is 0. The van der Waals surface area contributed by atoms with Crippen molar-refractivity contribution in [1.29, 1.82) is 5.26 Å². The van der Waals surface area contributed by atoms with E-state index < -0.39 is 0 Å². The first-order valence-electron chi connectivity index (χ1n) is 21.5. The molecule has 0 fully saturated rings. The number of pyridine rings is 1. The largest absolute Gasteiger partial charge is 0.307 e. The molecule has 4 heterocycles. The van der Waals surface area contributed by atoms with Crippen LogP contribution in [0.2, 0.25) is 0 Å². The first-order valence-corrected chi connectivity index (χ1v) is 21.5. The Bertz CT molecular complexity index is 3820. The van der Waals surface area contributed by atoms with Gasteiger partial charge in [0.15, 0.2) is 0 Å². The fourth-order valence-electron chi connectivity index (χ4n) is 11.0. The van der Waals surface area contributed by atoms with E-state index in [0.717, 1.165) is 121 Å². The summed E-state index contributed by atoms with van der Waals surface area (Å²) >= 11 is 0. The van der Waals surface area contributed by atoms with Gasteiger partial charge in [-0.1, -0.05) is 152 Å². The van der Waals surface area contributed by atoms with Crippen LogP contribution in [-0.2, 0) is 0 Å².